The fourth-order valence-electron chi connectivity index (χ4n) is 5.12. The van der Waals surface area contributed by atoms with Gasteiger partial charge in [-0.3, -0.25) is 4.79 Å². The minimum Gasteiger partial charge on any atom is -0.453 e. The summed E-state index contributed by atoms with van der Waals surface area (Å²) in [6, 6.07) is 11.9. The Bertz CT molecular complexity index is 1430. The van der Waals surface area contributed by atoms with Gasteiger partial charge < -0.3 is 29.7 Å². The molecule has 0 aliphatic carbocycles. The predicted octanol–water partition coefficient (Wildman–Crippen LogP) is 5.15. The number of rotatable bonds is 5. The maximum Gasteiger partial charge on any atom is 0.407 e. The number of nitrogens with zero attached hydrogens (tertiary/aromatic N) is 4. The predicted molar refractivity (Wildman–Crippen MR) is 153 cm³/mol. The molecule has 2 unspecified atom stereocenters. The van der Waals surface area contributed by atoms with Gasteiger partial charge in [-0.05, 0) is 40.8 Å². The summed E-state index contributed by atoms with van der Waals surface area (Å²) in [7, 11) is 1.25. The zero-order valence-electron chi connectivity index (χ0n) is 22.4. The number of methoxy groups -OCH3 is 1. The third-order valence-electron chi connectivity index (χ3n) is 7.30. The number of aromatic amines is 1. The lowest BCUT2D eigenvalue weighted by Gasteiger charge is -2.29. The van der Waals surface area contributed by atoms with E-state index in [1.807, 2.05) is 56.3 Å². The van der Waals surface area contributed by atoms with Crippen molar-refractivity contribution in [3.05, 3.63) is 75.1 Å². The molecule has 210 valence electrons. The van der Waals surface area contributed by atoms with E-state index in [-0.39, 0.29) is 31.1 Å². The first-order valence-electron chi connectivity index (χ1n) is 12.9. The third-order valence-corrected chi connectivity index (χ3v) is 8.18. The van der Waals surface area contributed by atoms with Crippen molar-refractivity contribution in [2.24, 2.45) is 5.92 Å². The van der Waals surface area contributed by atoms with Gasteiger partial charge in [0.1, 0.15) is 17.9 Å². The number of hydrogen-bond acceptors (Lipinski definition) is 5. The summed E-state index contributed by atoms with van der Waals surface area (Å²) in [6.45, 7) is 4.81. The van der Waals surface area contributed by atoms with Crippen LogP contribution in [0, 0.1) is 5.92 Å². The molecule has 12 heteroatoms. The van der Waals surface area contributed by atoms with Crippen molar-refractivity contribution in [1.29, 1.82) is 0 Å². The maximum absolute atomic E-state index is 13.9. The van der Waals surface area contributed by atoms with Crippen LogP contribution in [-0.4, -0.2) is 69.1 Å². The second-order valence-corrected chi connectivity index (χ2v) is 11.6. The molecule has 10 nitrogen and oxygen atoms in total. The molecule has 0 spiro atoms. The number of fused-ring (bicyclic) bond motifs is 1. The summed E-state index contributed by atoms with van der Waals surface area (Å²) in [4.78, 5) is 52.6. The molecule has 2 aliphatic rings. The Kier molecular flexibility index (Phi) is 8.04. The zero-order chi connectivity index (χ0) is 28.6. The van der Waals surface area contributed by atoms with E-state index in [2.05, 4.69) is 31.2 Å². The third kappa shape index (κ3) is 5.53. The second-order valence-electron chi connectivity index (χ2n) is 10.3. The summed E-state index contributed by atoms with van der Waals surface area (Å²) >= 11 is 9.83. The molecule has 2 aromatic carbocycles. The van der Waals surface area contributed by atoms with Crippen LogP contribution in [0.5, 0.6) is 0 Å². The largest absolute Gasteiger partial charge is 0.453 e. The Morgan fingerprint density at radius 3 is 2.55 bits per heavy atom. The van der Waals surface area contributed by atoms with Crippen LogP contribution >= 0.6 is 27.5 Å². The molecular formula is C28H30BrClN6O4. The van der Waals surface area contributed by atoms with Crippen LogP contribution in [0.1, 0.15) is 36.8 Å². The standard InChI is InChI=1S/C28H30BrClN6O4/c1-16(2)24(33-27(38)40-3)26(37)36-15-35(28(39)34-12-18-5-4-6-21(30)20(18)13-34)14-23(36)25-31-11-22(32-25)17-7-9-19(29)10-8-17/h4-11,16,23-24H,12-15H2,1-3H3,(H,31,32)(H,33,38). The number of carbonyl (C=O) groups excluding carboxylic acids is 3. The normalized spacial score (nSPS) is 17.2. The number of hydrogen-bond donors (Lipinski definition) is 2. The number of carbonyl (C=O) groups is 3. The average molecular weight is 630 g/mol. The van der Waals surface area contributed by atoms with Gasteiger partial charge in [-0.25, -0.2) is 14.6 Å². The number of urea groups is 1. The Morgan fingerprint density at radius 2 is 1.88 bits per heavy atom. The quantitative estimate of drug-likeness (QED) is 0.406. The summed E-state index contributed by atoms with van der Waals surface area (Å²) in [5, 5.41) is 3.29. The van der Waals surface area contributed by atoms with Crippen LogP contribution in [0.25, 0.3) is 11.3 Å². The van der Waals surface area contributed by atoms with E-state index in [4.69, 9.17) is 16.3 Å². The van der Waals surface area contributed by atoms with E-state index >= 15 is 0 Å². The molecule has 2 N–H and O–H groups in total. The van der Waals surface area contributed by atoms with E-state index in [0.29, 0.717) is 23.9 Å². The molecule has 3 aromatic rings. The molecule has 5 rings (SSSR count). The first-order valence-corrected chi connectivity index (χ1v) is 14.1. The molecule has 0 bridgehead atoms. The van der Waals surface area contributed by atoms with Gasteiger partial charge in [0.15, 0.2) is 0 Å². The first kappa shape index (κ1) is 28.0. The molecule has 4 amide bonds. The Morgan fingerprint density at radius 1 is 1.12 bits per heavy atom. The highest BCUT2D eigenvalue weighted by atomic mass is 79.9. The average Bonchev–Trinajstić information content (AvgIpc) is 3.69. The number of alkyl carbamates (subject to hydrolysis) is 1. The van der Waals surface area contributed by atoms with Crippen molar-refractivity contribution in [3.63, 3.8) is 0 Å². The van der Waals surface area contributed by atoms with Gasteiger partial charge in [-0.1, -0.05) is 65.6 Å². The summed E-state index contributed by atoms with van der Waals surface area (Å²) < 4.78 is 5.72. The molecule has 3 heterocycles. The molecular weight excluding hydrogens is 600 g/mol. The van der Waals surface area contributed by atoms with Crippen molar-refractivity contribution in [1.82, 2.24) is 30.0 Å². The Balaban J connectivity index is 1.43. The molecule has 1 saturated heterocycles. The van der Waals surface area contributed by atoms with Crippen LogP contribution in [-0.2, 0) is 22.6 Å². The van der Waals surface area contributed by atoms with E-state index in [1.165, 1.54) is 7.11 Å². The van der Waals surface area contributed by atoms with Crippen molar-refractivity contribution in [2.45, 2.75) is 39.0 Å². The molecule has 40 heavy (non-hydrogen) atoms. The first-order chi connectivity index (χ1) is 19.2. The number of H-pyrrole nitrogens is 1. The van der Waals surface area contributed by atoms with E-state index in [9.17, 15) is 14.4 Å². The van der Waals surface area contributed by atoms with Gasteiger partial charge in [-0.2, -0.15) is 0 Å². The van der Waals surface area contributed by atoms with Crippen molar-refractivity contribution >= 4 is 45.6 Å². The number of benzene rings is 2. The van der Waals surface area contributed by atoms with Crippen LogP contribution < -0.4 is 5.32 Å². The number of amides is 4. The molecule has 0 saturated carbocycles. The molecule has 1 fully saturated rings. The molecule has 1 aromatic heterocycles. The van der Waals surface area contributed by atoms with Crippen molar-refractivity contribution in [3.8, 4) is 11.3 Å². The Hall–Kier alpha value is -3.57. The van der Waals surface area contributed by atoms with Gasteiger partial charge in [0, 0.05) is 22.6 Å². The van der Waals surface area contributed by atoms with Crippen LogP contribution in [0.3, 0.4) is 0 Å². The highest BCUT2D eigenvalue weighted by Gasteiger charge is 2.43. The minimum atomic E-state index is -0.847. The van der Waals surface area contributed by atoms with Gasteiger partial charge in [-0.15, -0.1) is 0 Å². The van der Waals surface area contributed by atoms with Crippen molar-refractivity contribution in [2.75, 3.05) is 20.3 Å². The maximum atomic E-state index is 13.9. The van der Waals surface area contributed by atoms with Crippen LogP contribution in [0.4, 0.5) is 9.59 Å². The Labute approximate surface area is 245 Å². The van der Waals surface area contributed by atoms with Crippen molar-refractivity contribution < 1.29 is 19.1 Å². The topological polar surface area (TPSA) is 111 Å². The lowest BCUT2D eigenvalue weighted by atomic mass is 10.0. The molecule has 2 atom stereocenters. The highest BCUT2D eigenvalue weighted by molar-refractivity contribution is 9.10. The smallest absolute Gasteiger partial charge is 0.407 e. The van der Waals surface area contributed by atoms with E-state index < -0.39 is 18.2 Å². The number of aromatic nitrogens is 2. The monoisotopic (exact) mass is 628 g/mol. The lowest BCUT2D eigenvalue weighted by Crippen LogP contribution is -2.52. The fourth-order valence-corrected chi connectivity index (χ4v) is 5.64. The summed E-state index contributed by atoms with van der Waals surface area (Å²) in [5.74, 6) is 0.00657. The zero-order valence-corrected chi connectivity index (χ0v) is 24.7. The van der Waals surface area contributed by atoms with Crippen LogP contribution in [0.2, 0.25) is 5.02 Å². The number of ether oxygens (including phenoxy) is 1. The summed E-state index contributed by atoms with van der Waals surface area (Å²) in [6.07, 6.45) is 1.02. The van der Waals surface area contributed by atoms with Gasteiger partial charge >= 0.3 is 12.1 Å². The lowest BCUT2D eigenvalue weighted by molar-refractivity contribution is -0.135. The fraction of sp³-hybridized carbons (Fsp3) is 0.357. The molecule has 2 aliphatic heterocycles. The second kappa shape index (κ2) is 11.5. The SMILES string of the molecule is COC(=O)NC(C(=O)N1CN(C(=O)N2Cc3cccc(Cl)c3C2)CC1c1ncc(-c2ccc(Br)cc2)[nH]1)C(C)C. The minimum absolute atomic E-state index is 0.0449. The van der Waals surface area contributed by atoms with E-state index in [1.54, 1.807) is 20.9 Å². The number of imidazole rings is 1. The molecule has 0 radical (unpaired) electrons. The van der Waals surface area contributed by atoms with Crippen LogP contribution in [0.15, 0.2) is 53.1 Å². The van der Waals surface area contributed by atoms with Gasteiger partial charge in [0.05, 0.1) is 32.2 Å². The van der Waals surface area contributed by atoms with Gasteiger partial charge in [0.25, 0.3) is 0 Å². The number of halogens is 2. The highest BCUT2D eigenvalue weighted by Crippen LogP contribution is 2.34. The van der Waals surface area contributed by atoms with Gasteiger partial charge in [0.2, 0.25) is 5.91 Å². The van der Waals surface area contributed by atoms with E-state index in [0.717, 1.165) is 26.9 Å². The number of nitrogens with one attached hydrogen (secondary N) is 2. The summed E-state index contributed by atoms with van der Waals surface area (Å²) in [5.41, 5.74) is 3.67.